The molecule has 1 rings (SSSR count). The van der Waals surface area contributed by atoms with Crippen molar-refractivity contribution in [3.63, 3.8) is 0 Å². The van der Waals surface area contributed by atoms with Gasteiger partial charge in [0.2, 0.25) is 10.0 Å². The summed E-state index contributed by atoms with van der Waals surface area (Å²) in [7, 11) is -2.48. The first-order valence-electron chi connectivity index (χ1n) is 4.82. The van der Waals surface area contributed by atoms with Crippen LogP contribution in [0, 0.1) is 0 Å². The van der Waals surface area contributed by atoms with Crippen molar-refractivity contribution in [2.75, 3.05) is 13.6 Å². The van der Waals surface area contributed by atoms with Gasteiger partial charge in [0.1, 0.15) is 6.54 Å². The highest BCUT2D eigenvalue weighted by molar-refractivity contribution is 9.10. The molecule has 0 fully saturated rings. The van der Waals surface area contributed by atoms with Crippen molar-refractivity contribution in [2.24, 2.45) is 0 Å². The summed E-state index contributed by atoms with van der Waals surface area (Å²) in [4.78, 5) is 10.5. The molecule has 0 saturated carbocycles. The molecular formula is C10H11BrClNO4S. The monoisotopic (exact) mass is 355 g/mol. The van der Waals surface area contributed by atoms with E-state index in [1.165, 1.54) is 7.05 Å². The van der Waals surface area contributed by atoms with E-state index in [1.807, 2.05) is 0 Å². The molecule has 5 nitrogen and oxygen atoms in total. The van der Waals surface area contributed by atoms with Gasteiger partial charge in [-0.25, -0.2) is 8.42 Å². The summed E-state index contributed by atoms with van der Waals surface area (Å²) in [6.45, 7) is -0.575. The van der Waals surface area contributed by atoms with Crippen LogP contribution in [0.3, 0.4) is 0 Å². The first kappa shape index (κ1) is 15.4. The van der Waals surface area contributed by atoms with Crippen molar-refractivity contribution in [1.82, 2.24) is 4.31 Å². The number of nitrogens with zero attached hydrogens (tertiary/aromatic N) is 1. The van der Waals surface area contributed by atoms with Gasteiger partial charge in [-0.15, -0.1) is 0 Å². The lowest BCUT2D eigenvalue weighted by atomic mass is 10.2. The lowest BCUT2D eigenvalue weighted by Crippen LogP contribution is -2.33. The Bertz CT molecular complexity index is 561. The molecule has 0 atom stereocenters. The van der Waals surface area contributed by atoms with Gasteiger partial charge in [0.25, 0.3) is 0 Å². The highest BCUT2D eigenvalue weighted by atomic mass is 79.9. The SMILES string of the molecule is CN(CC(=O)O)S(=O)(=O)Cc1cccc(Br)c1Cl. The van der Waals surface area contributed by atoms with Gasteiger partial charge in [-0.3, -0.25) is 4.79 Å². The smallest absolute Gasteiger partial charge is 0.318 e. The van der Waals surface area contributed by atoms with E-state index in [-0.39, 0.29) is 5.75 Å². The second-order valence-electron chi connectivity index (χ2n) is 3.62. The molecule has 100 valence electrons. The fourth-order valence-electron chi connectivity index (χ4n) is 1.26. The fraction of sp³-hybridized carbons (Fsp3) is 0.300. The van der Waals surface area contributed by atoms with Crippen LogP contribution in [0.15, 0.2) is 22.7 Å². The van der Waals surface area contributed by atoms with Crippen molar-refractivity contribution >= 4 is 43.5 Å². The summed E-state index contributed by atoms with van der Waals surface area (Å²) < 4.78 is 25.2. The van der Waals surface area contributed by atoms with Gasteiger partial charge in [-0.05, 0) is 27.6 Å². The van der Waals surface area contributed by atoms with Crippen LogP contribution >= 0.6 is 27.5 Å². The molecule has 0 aliphatic heterocycles. The minimum Gasteiger partial charge on any atom is -0.480 e. The number of sulfonamides is 1. The number of benzene rings is 1. The lowest BCUT2D eigenvalue weighted by molar-refractivity contribution is -0.137. The molecule has 1 N–H and O–H groups in total. The number of aliphatic carboxylic acids is 1. The van der Waals surface area contributed by atoms with E-state index in [1.54, 1.807) is 18.2 Å². The van der Waals surface area contributed by atoms with Crippen LogP contribution in [-0.4, -0.2) is 37.4 Å². The molecule has 0 radical (unpaired) electrons. The molecule has 8 heteroatoms. The number of halogens is 2. The predicted octanol–water partition coefficient (Wildman–Crippen LogP) is 1.95. The topological polar surface area (TPSA) is 74.7 Å². The third-order valence-corrected chi connectivity index (χ3v) is 5.29. The summed E-state index contributed by atoms with van der Waals surface area (Å²) in [6.07, 6.45) is 0. The molecule has 18 heavy (non-hydrogen) atoms. The van der Waals surface area contributed by atoms with Crippen molar-refractivity contribution in [3.8, 4) is 0 Å². The van der Waals surface area contributed by atoms with E-state index in [4.69, 9.17) is 16.7 Å². The summed E-state index contributed by atoms with van der Waals surface area (Å²) in [5.74, 6) is -1.55. The van der Waals surface area contributed by atoms with E-state index in [0.29, 0.717) is 15.1 Å². The molecular weight excluding hydrogens is 346 g/mol. The van der Waals surface area contributed by atoms with Gasteiger partial charge < -0.3 is 5.11 Å². The third kappa shape index (κ3) is 3.94. The average molecular weight is 357 g/mol. The van der Waals surface area contributed by atoms with Crippen LogP contribution in [0.5, 0.6) is 0 Å². The van der Waals surface area contributed by atoms with Crippen LogP contribution in [0.2, 0.25) is 5.02 Å². The van der Waals surface area contributed by atoms with Crippen LogP contribution in [0.1, 0.15) is 5.56 Å². The highest BCUT2D eigenvalue weighted by Crippen LogP contribution is 2.27. The maximum Gasteiger partial charge on any atom is 0.318 e. The van der Waals surface area contributed by atoms with Gasteiger partial charge in [-0.1, -0.05) is 23.7 Å². The van der Waals surface area contributed by atoms with Crippen molar-refractivity contribution < 1.29 is 18.3 Å². The van der Waals surface area contributed by atoms with Crippen LogP contribution in [-0.2, 0) is 20.6 Å². The Hall–Kier alpha value is -0.630. The number of carbonyl (C=O) groups is 1. The van der Waals surface area contributed by atoms with Crippen molar-refractivity contribution in [2.45, 2.75) is 5.75 Å². The first-order chi connectivity index (χ1) is 8.24. The number of rotatable bonds is 5. The maximum absolute atomic E-state index is 11.9. The molecule has 0 saturated heterocycles. The Labute approximate surface area is 119 Å². The second-order valence-corrected chi connectivity index (χ2v) is 6.93. The molecule has 1 aromatic rings. The van der Waals surface area contributed by atoms with E-state index < -0.39 is 22.5 Å². The Morgan fingerprint density at radius 2 is 2.11 bits per heavy atom. The quantitative estimate of drug-likeness (QED) is 0.875. The number of carboxylic acids is 1. The summed E-state index contributed by atoms with van der Waals surface area (Å²) in [5.41, 5.74) is 0.420. The zero-order valence-corrected chi connectivity index (χ0v) is 12.6. The predicted molar refractivity (Wildman–Crippen MR) is 72.0 cm³/mol. The van der Waals surface area contributed by atoms with Crippen LogP contribution < -0.4 is 0 Å². The Kier molecular flexibility index (Phi) is 5.15. The Morgan fingerprint density at radius 3 is 2.67 bits per heavy atom. The number of carboxylic acid groups (broad SMARTS) is 1. The molecule has 0 aliphatic rings. The molecule has 0 aromatic heterocycles. The summed E-state index contributed by atoms with van der Waals surface area (Å²) in [5, 5.41) is 8.88. The van der Waals surface area contributed by atoms with Crippen molar-refractivity contribution in [1.29, 1.82) is 0 Å². The third-order valence-electron chi connectivity index (χ3n) is 2.20. The minimum atomic E-state index is -3.70. The standard InChI is InChI=1S/C10H11BrClNO4S/c1-13(5-9(14)15)18(16,17)6-7-3-2-4-8(11)10(7)12/h2-4H,5-6H2,1H3,(H,14,15). The minimum absolute atomic E-state index is 0.310. The maximum atomic E-state index is 11.9. The van der Waals surface area contributed by atoms with E-state index in [9.17, 15) is 13.2 Å². The number of hydrogen-bond acceptors (Lipinski definition) is 3. The number of likely N-dealkylation sites (N-methyl/N-ethyl adjacent to an activating group) is 1. The van der Waals surface area contributed by atoms with Gasteiger partial charge in [0.05, 0.1) is 10.8 Å². The normalized spacial score (nSPS) is 11.8. The van der Waals surface area contributed by atoms with Crippen LogP contribution in [0.4, 0.5) is 0 Å². The Morgan fingerprint density at radius 1 is 1.50 bits per heavy atom. The van der Waals surface area contributed by atoms with Crippen LogP contribution in [0.25, 0.3) is 0 Å². The highest BCUT2D eigenvalue weighted by Gasteiger charge is 2.22. The molecule has 0 amide bonds. The molecule has 0 bridgehead atoms. The van der Waals surface area contributed by atoms with E-state index in [2.05, 4.69) is 15.9 Å². The zero-order valence-electron chi connectivity index (χ0n) is 9.43. The first-order valence-corrected chi connectivity index (χ1v) is 7.60. The molecule has 0 spiro atoms. The van der Waals surface area contributed by atoms with Gasteiger partial charge in [0, 0.05) is 11.5 Å². The van der Waals surface area contributed by atoms with Gasteiger partial charge >= 0.3 is 5.97 Å². The lowest BCUT2D eigenvalue weighted by Gasteiger charge is -2.15. The summed E-state index contributed by atoms with van der Waals surface area (Å²) in [6, 6.07) is 4.94. The average Bonchev–Trinajstić information content (AvgIpc) is 2.23. The largest absolute Gasteiger partial charge is 0.480 e. The van der Waals surface area contributed by atoms with Gasteiger partial charge in [0.15, 0.2) is 0 Å². The fourth-order valence-corrected chi connectivity index (χ4v) is 3.10. The molecule has 1 aromatic carbocycles. The Balaban J connectivity index is 2.96. The van der Waals surface area contributed by atoms with Crippen molar-refractivity contribution in [3.05, 3.63) is 33.3 Å². The number of hydrogen-bond donors (Lipinski definition) is 1. The molecule has 0 aliphatic carbocycles. The zero-order chi connectivity index (χ0) is 13.9. The molecule has 0 unspecified atom stereocenters. The summed E-state index contributed by atoms with van der Waals surface area (Å²) >= 11 is 9.16. The second kappa shape index (κ2) is 6.01. The van der Waals surface area contributed by atoms with E-state index >= 15 is 0 Å². The van der Waals surface area contributed by atoms with E-state index in [0.717, 1.165) is 4.31 Å². The molecule has 0 heterocycles. The van der Waals surface area contributed by atoms with Gasteiger partial charge in [-0.2, -0.15) is 4.31 Å².